The number of thiophene rings is 1. The van der Waals surface area contributed by atoms with Gasteiger partial charge in [-0.1, -0.05) is 12.1 Å². The second-order valence-electron chi connectivity index (χ2n) is 7.18. The number of aromatic nitrogens is 2. The van der Waals surface area contributed by atoms with Crippen molar-refractivity contribution in [3.63, 3.8) is 0 Å². The van der Waals surface area contributed by atoms with Crippen LogP contribution in [0.3, 0.4) is 0 Å². The normalized spacial score (nSPS) is 14.2. The number of fused-ring (bicyclic) bond motifs is 3. The number of hydrogen-bond donors (Lipinski definition) is 1. The molecule has 1 aromatic carbocycles. The Balaban J connectivity index is 1.54. The van der Waals surface area contributed by atoms with Crippen LogP contribution in [0.2, 0.25) is 0 Å². The first kappa shape index (κ1) is 19.5. The Morgan fingerprint density at radius 2 is 2.25 bits per heavy atom. The van der Waals surface area contributed by atoms with Gasteiger partial charge in [0.1, 0.15) is 5.82 Å². The van der Waals surface area contributed by atoms with Crippen molar-refractivity contribution in [2.75, 3.05) is 6.54 Å². The number of nitrogens with zero attached hydrogens (tertiary/aromatic N) is 2. The van der Waals surface area contributed by atoms with Gasteiger partial charge < -0.3 is 5.73 Å². The molecule has 0 amide bonds. The maximum atomic E-state index is 13.4. The molecule has 0 radical (unpaired) electrons. The van der Waals surface area contributed by atoms with Crippen molar-refractivity contribution in [1.29, 1.82) is 0 Å². The monoisotopic (exact) mass is 461 g/mol. The van der Waals surface area contributed by atoms with E-state index < -0.39 is 0 Å². The first-order chi connectivity index (χ1) is 13.5. The van der Waals surface area contributed by atoms with Crippen LogP contribution in [0.4, 0.5) is 4.39 Å². The summed E-state index contributed by atoms with van der Waals surface area (Å²) in [6, 6.07) is 8.51. The van der Waals surface area contributed by atoms with E-state index in [2.05, 4.69) is 21.0 Å². The Labute approximate surface area is 175 Å². The number of aryl methyl sites for hydroxylation is 2. The zero-order chi connectivity index (χ0) is 19.7. The fourth-order valence-corrected chi connectivity index (χ4v) is 5.40. The van der Waals surface area contributed by atoms with Crippen LogP contribution in [0.15, 0.2) is 41.0 Å². The molecule has 0 spiro atoms. The summed E-state index contributed by atoms with van der Waals surface area (Å²) in [5.74, 6) is -0.163. The van der Waals surface area contributed by atoms with Crippen LogP contribution >= 0.6 is 27.3 Å². The molecular weight excluding hydrogens is 441 g/mol. The smallest absolute Gasteiger partial charge is 0.173 e. The molecule has 2 N–H and O–H groups in total. The number of hydrogen-bond acceptors (Lipinski definition) is 4. The van der Waals surface area contributed by atoms with Gasteiger partial charge in [0.05, 0.1) is 21.2 Å². The molecule has 1 aliphatic rings. The van der Waals surface area contributed by atoms with E-state index in [0.29, 0.717) is 19.4 Å². The molecule has 28 heavy (non-hydrogen) atoms. The second-order valence-corrected chi connectivity index (χ2v) is 9.17. The molecular formula is C21H21BrFN3OS. The van der Waals surface area contributed by atoms with E-state index in [9.17, 15) is 9.18 Å². The predicted molar refractivity (Wildman–Crippen MR) is 113 cm³/mol. The third-order valence-corrected chi connectivity index (χ3v) is 6.94. The van der Waals surface area contributed by atoms with Crippen LogP contribution in [-0.4, -0.2) is 22.1 Å². The molecule has 4 nitrogen and oxygen atoms in total. The number of carbonyl (C=O) groups is 1. The molecule has 0 saturated carbocycles. The molecule has 1 aliphatic heterocycles. The third-order valence-electron chi connectivity index (χ3n) is 5.13. The molecule has 1 atom stereocenters. The maximum Gasteiger partial charge on any atom is 0.173 e. The first-order valence-corrected chi connectivity index (χ1v) is 11.0. The lowest BCUT2D eigenvalue weighted by Gasteiger charge is -2.13. The van der Waals surface area contributed by atoms with E-state index in [1.807, 2.05) is 23.0 Å². The van der Waals surface area contributed by atoms with Gasteiger partial charge in [-0.3, -0.25) is 9.48 Å². The van der Waals surface area contributed by atoms with Crippen LogP contribution in [0, 0.1) is 11.7 Å². The van der Waals surface area contributed by atoms with Gasteiger partial charge in [-0.25, -0.2) is 4.39 Å². The Morgan fingerprint density at radius 1 is 1.39 bits per heavy atom. The Hall–Kier alpha value is -1.83. The molecule has 2 aromatic heterocycles. The summed E-state index contributed by atoms with van der Waals surface area (Å²) in [5.41, 5.74) is 8.94. The molecule has 3 aromatic rings. The first-order valence-electron chi connectivity index (χ1n) is 9.37. The van der Waals surface area contributed by atoms with Crippen molar-refractivity contribution in [2.45, 2.75) is 32.2 Å². The zero-order valence-corrected chi connectivity index (χ0v) is 17.7. The van der Waals surface area contributed by atoms with Crippen LogP contribution in [0.5, 0.6) is 0 Å². The van der Waals surface area contributed by atoms with Gasteiger partial charge >= 0.3 is 0 Å². The number of nitrogens with two attached hydrogens (primary N) is 1. The summed E-state index contributed by atoms with van der Waals surface area (Å²) < 4.78 is 16.4. The van der Waals surface area contributed by atoms with E-state index in [1.165, 1.54) is 17.0 Å². The highest BCUT2D eigenvalue weighted by Crippen LogP contribution is 2.39. The lowest BCUT2D eigenvalue weighted by molar-refractivity contribution is 0.0966. The largest absolute Gasteiger partial charge is 0.330 e. The van der Waals surface area contributed by atoms with Crippen molar-refractivity contribution in [1.82, 2.24) is 9.78 Å². The van der Waals surface area contributed by atoms with Gasteiger partial charge in [0.25, 0.3) is 0 Å². The Kier molecular flexibility index (Phi) is 5.75. The van der Waals surface area contributed by atoms with Crippen LogP contribution < -0.4 is 5.73 Å². The van der Waals surface area contributed by atoms with Crippen LogP contribution in [0.1, 0.15) is 33.0 Å². The van der Waals surface area contributed by atoms with Gasteiger partial charge in [0.15, 0.2) is 5.78 Å². The average Bonchev–Trinajstić information content (AvgIpc) is 3.20. The molecule has 7 heteroatoms. The molecule has 3 heterocycles. The minimum Gasteiger partial charge on any atom is -0.330 e. The van der Waals surface area contributed by atoms with E-state index in [0.717, 1.165) is 45.6 Å². The quantitative estimate of drug-likeness (QED) is 0.533. The third kappa shape index (κ3) is 3.97. The molecule has 0 saturated heterocycles. The van der Waals surface area contributed by atoms with Crippen molar-refractivity contribution >= 4 is 33.0 Å². The van der Waals surface area contributed by atoms with Crippen LogP contribution in [-0.2, 0) is 19.4 Å². The van der Waals surface area contributed by atoms with Crippen molar-refractivity contribution < 1.29 is 9.18 Å². The summed E-state index contributed by atoms with van der Waals surface area (Å²) in [4.78, 5) is 15.0. The summed E-state index contributed by atoms with van der Waals surface area (Å²) in [7, 11) is 0. The lowest BCUT2D eigenvalue weighted by atomic mass is 9.93. The lowest BCUT2D eigenvalue weighted by Crippen LogP contribution is -2.20. The summed E-state index contributed by atoms with van der Waals surface area (Å²) in [6.45, 7) is 1.28. The highest BCUT2D eigenvalue weighted by atomic mass is 79.9. The highest BCUT2D eigenvalue weighted by molar-refractivity contribution is 9.10. The van der Waals surface area contributed by atoms with E-state index in [-0.39, 0.29) is 17.5 Å². The molecule has 0 bridgehead atoms. The number of benzene rings is 1. The summed E-state index contributed by atoms with van der Waals surface area (Å²) >= 11 is 5.17. The minimum absolute atomic E-state index is 0.00605. The van der Waals surface area contributed by atoms with Gasteiger partial charge in [0, 0.05) is 23.4 Å². The van der Waals surface area contributed by atoms with Gasteiger partial charge in [0.2, 0.25) is 0 Å². The predicted octanol–water partition coefficient (Wildman–Crippen LogP) is 4.85. The number of Topliss-reactive ketones (excluding diaryl/α,β-unsaturated/α-hetero) is 1. The maximum absolute atomic E-state index is 13.4. The van der Waals surface area contributed by atoms with Gasteiger partial charge in [-0.15, -0.1) is 11.3 Å². The van der Waals surface area contributed by atoms with E-state index in [1.54, 1.807) is 17.4 Å². The molecule has 0 aliphatic carbocycles. The topological polar surface area (TPSA) is 60.9 Å². The fourth-order valence-electron chi connectivity index (χ4n) is 3.74. The number of halogens is 2. The second kappa shape index (κ2) is 8.27. The number of ketones is 1. The molecule has 1 unspecified atom stereocenters. The van der Waals surface area contributed by atoms with Crippen LogP contribution in [0.25, 0.3) is 11.3 Å². The average molecular weight is 462 g/mol. The van der Waals surface area contributed by atoms with Gasteiger partial charge in [-0.2, -0.15) is 5.10 Å². The summed E-state index contributed by atoms with van der Waals surface area (Å²) in [5, 5.41) is 4.43. The van der Waals surface area contributed by atoms with E-state index >= 15 is 0 Å². The van der Waals surface area contributed by atoms with Gasteiger partial charge in [-0.05, 0) is 71.4 Å². The standard InChI is InChI=1S/C21H21BrFN3OS/c22-17-12-25-26-6-2-5-19-16(21(17)26)10-20(28-19)18(27)9-14(11-24)7-13-3-1-4-15(23)8-13/h1,3-4,8,10,12,14H,2,5-7,9,11,24H2. The molecule has 146 valence electrons. The Bertz CT molecular complexity index is 1010. The number of rotatable bonds is 6. The molecule has 0 fully saturated rings. The highest BCUT2D eigenvalue weighted by Gasteiger charge is 2.24. The number of carbonyl (C=O) groups excluding carboxylic acids is 1. The summed E-state index contributed by atoms with van der Waals surface area (Å²) in [6.07, 6.45) is 4.74. The minimum atomic E-state index is -0.260. The fraction of sp³-hybridized carbons (Fsp3) is 0.333. The van der Waals surface area contributed by atoms with Crippen molar-refractivity contribution in [3.8, 4) is 11.3 Å². The molecule has 4 rings (SSSR count). The van der Waals surface area contributed by atoms with Crippen molar-refractivity contribution in [2.24, 2.45) is 11.7 Å². The zero-order valence-electron chi connectivity index (χ0n) is 15.3. The SMILES string of the molecule is NCC(CC(=O)c1cc2c(s1)CCCn1ncc(Br)c1-2)Cc1cccc(F)c1. The van der Waals surface area contributed by atoms with E-state index in [4.69, 9.17) is 5.73 Å². The van der Waals surface area contributed by atoms with Crippen molar-refractivity contribution in [3.05, 3.63) is 62.1 Å². The Morgan fingerprint density at radius 3 is 3.04 bits per heavy atom.